The van der Waals surface area contributed by atoms with Crippen LogP contribution in [0.4, 0.5) is 5.69 Å². The van der Waals surface area contributed by atoms with Gasteiger partial charge in [0.2, 0.25) is 5.91 Å². The summed E-state index contributed by atoms with van der Waals surface area (Å²) in [6.07, 6.45) is 4.39. The highest BCUT2D eigenvalue weighted by Gasteiger charge is 2.32. The van der Waals surface area contributed by atoms with Crippen molar-refractivity contribution in [3.8, 4) is 11.3 Å². The number of hydrogen-bond acceptors (Lipinski definition) is 3. The van der Waals surface area contributed by atoms with Gasteiger partial charge in [-0.2, -0.15) is 5.10 Å². The largest absolute Gasteiger partial charge is 0.331 e. The Labute approximate surface area is 199 Å². The Kier molecular flexibility index (Phi) is 7.14. The molecule has 33 heavy (non-hydrogen) atoms. The van der Waals surface area contributed by atoms with Crippen LogP contribution in [0.25, 0.3) is 11.3 Å². The molecule has 0 saturated heterocycles. The number of anilines is 1. The molecule has 4 rings (SSSR count). The Bertz CT molecular complexity index is 1120. The standard InChI is InChI=1S/C26H29ClN4O2/c1-3-4-5-6-23-17-30(16-19-7-13-22(14-8-19)28-18(2)32)26(33)25-15-24(29-31(23)25)20-9-11-21(27)12-10-20/h7-15,23H,3-6,16-17H2,1-2H3,(H,28,32). The maximum atomic E-state index is 13.4. The first-order valence-electron chi connectivity index (χ1n) is 11.5. The minimum Gasteiger partial charge on any atom is -0.331 e. The van der Waals surface area contributed by atoms with Gasteiger partial charge in [-0.1, -0.05) is 62.1 Å². The number of nitrogens with one attached hydrogen (secondary N) is 1. The van der Waals surface area contributed by atoms with E-state index >= 15 is 0 Å². The molecular formula is C26H29ClN4O2. The van der Waals surface area contributed by atoms with Crippen molar-refractivity contribution in [2.75, 3.05) is 11.9 Å². The highest BCUT2D eigenvalue weighted by atomic mass is 35.5. The molecule has 6 nitrogen and oxygen atoms in total. The third-order valence-electron chi connectivity index (χ3n) is 5.95. The van der Waals surface area contributed by atoms with Gasteiger partial charge in [0.05, 0.1) is 11.7 Å². The van der Waals surface area contributed by atoms with Gasteiger partial charge in [-0.05, 0) is 42.3 Å². The monoisotopic (exact) mass is 464 g/mol. The molecule has 2 heterocycles. The van der Waals surface area contributed by atoms with Crippen molar-refractivity contribution in [2.24, 2.45) is 0 Å². The topological polar surface area (TPSA) is 67.2 Å². The summed E-state index contributed by atoms with van der Waals surface area (Å²) in [7, 11) is 0. The lowest BCUT2D eigenvalue weighted by Gasteiger charge is -2.33. The van der Waals surface area contributed by atoms with E-state index in [1.165, 1.54) is 6.92 Å². The molecule has 1 aromatic heterocycles. The Morgan fingerprint density at radius 1 is 1.12 bits per heavy atom. The van der Waals surface area contributed by atoms with Crippen LogP contribution >= 0.6 is 11.6 Å². The summed E-state index contributed by atoms with van der Waals surface area (Å²) in [5.41, 5.74) is 4.14. The number of carbonyl (C=O) groups excluding carboxylic acids is 2. The van der Waals surface area contributed by atoms with Crippen molar-refractivity contribution in [1.29, 1.82) is 0 Å². The van der Waals surface area contributed by atoms with Crippen molar-refractivity contribution >= 4 is 29.1 Å². The highest BCUT2D eigenvalue weighted by Crippen LogP contribution is 2.30. The molecule has 1 atom stereocenters. The zero-order valence-electron chi connectivity index (χ0n) is 19.1. The van der Waals surface area contributed by atoms with Crippen LogP contribution in [0.2, 0.25) is 5.02 Å². The molecule has 0 saturated carbocycles. The molecule has 0 radical (unpaired) electrons. The van der Waals surface area contributed by atoms with Gasteiger partial charge in [-0.25, -0.2) is 0 Å². The average Bonchev–Trinajstić information content (AvgIpc) is 3.24. The molecule has 2 aromatic carbocycles. The van der Waals surface area contributed by atoms with E-state index in [0.717, 1.165) is 48.2 Å². The molecule has 1 N–H and O–H groups in total. The normalized spacial score (nSPS) is 15.4. The number of fused-ring (bicyclic) bond motifs is 1. The van der Waals surface area contributed by atoms with Crippen LogP contribution in [-0.2, 0) is 11.3 Å². The summed E-state index contributed by atoms with van der Waals surface area (Å²) in [4.78, 5) is 26.6. The average molecular weight is 465 g/mol. The SMILES string of the molecule is CCCCCC1CN(Cc2ccc(NC(C)=O)cc2)C(=O)c2cc(-c3ccc(Cl)cc3)nn21. The summed E-state index contributed by atoms with van der Waals surface area (Å²) in [6, 6.07) is 17.2. The highest BCUT2D eigenvalue weighted by molar-refractivity contribution is 6.30. The second-order valence-corrected chi connectivity index (χ2v) is 9.02. The summed E-state index contributed by atoms with van der Waals surface area (Å²) in [5, 5.41) is 8.28. The molecule has 1 aliphatic rings. The van der Waals surface area contributed by atoms with E-state index in [0.29, 0.717) is 23.8 Å². The van der Waals surface area contributed by atoms with E-state index in [1.54, 1.807) is 0 Å². The molecule has 0 aliphatic carbocycles. The Morgan fingerprint density at radius 2 is 1.85 bits per heavy atom. The lowest BCUT2D eigenvalue weighted by molar-refractivity contribution is -0.114. The predicted molar refractivity (Wildman–Crippen MR) is 131 cm³/mol. The second-order valence-electron chi connectivity index (χ2n) is 8.58. The Morgan fingerprint density at radius 3 is 2.52 bits per heavy atom. The zero-order valence-corrected chi connectivity index (χ0v) is 19.8. The van der Waals surface area contributed by atoms with E-state index < -0.39 is 0 Å². The second kappa shape index (κ2) is 10.2. The summed E-state index contributed by atoms with van der Waals surface area (Å²) in [6.45, 7) is 4.83. The molecule has 0 bridgehead atoms. The maximum absolute atomic E-state index is 13.4. The van der Waals surface area contributed by atoms with Gasteiger partial charge < -0.3 is 10.2 Å². The van der Waals surface area contributed by atoms with Gasteiger partial charge in [-0.15, -0.1) is 0 Å². The van der Waals surface area contributed by atoms with Gasteiger partial charge >= 0.3 is 0 Å². The van der Waals surface area contributed by atoms with Gasteiger partial charge in [0, 0.05) is 36.3 Å². The van der Waals surface area contributed by atoms with Crippen LogP contribution in [-0.4, -0.2) is 33.0 Å². The van der Waals surface area contributed by atoms with E-state index in [2.05, 4.69) is 12.2 Å². The first-order chi connectivity index (χ1) is 15.9. The van der Waals surface area contributed by atoms with Gasteiger partial charge in [0.25, 0.3) is 5.91 Å². The maximum Gasteiger partial charge on any atom is 0.272 e. The number of rotatable bonds is 8. The lowest BCUT2D eigenvalue weighted by atomic mass is 10.0. The molecule has 7 heteroatoms. The summed E-state index contributed by atoms with van der Waals surface area (Å²) >= 11 is 6.04. The fourth-order valence-electron chi connectivity index (χ4n) is 4.27. The molecule has 3 aromatic rings. The molecule has 0 fully saturated rings. The predicted octanol–water partition coefficient (Wildman–Crippen LogP) is 5.94. The summed E-state index contributed by atoms with van der Waals surface area (Å²) < 4.78 is 1.93. The van der Waals surface area contributed by atoms with Crippen molar-refractivity contribution < 1.29 is 9.59 Å². The van der Waals surface area contributed by atoms with Crippen LogP contribution in [0.3, 0.4) is 0 Å². The number of benzene rings is 2. The number of aromatic nitrogens is 2. The fraction of sp³-hybridized carbons (Fsp3) is 0.346. The summed E-state index contributed by atoms with van der Waals surface area (Å²) in [5.74, 6) is -0.117. The van der Waals surface area contributed by atoms with Crippen LogP contribution in [0.1, 0.15) is 61.6 Å². The zero-order chi connectivity index (χ0) is 23.4. The van der Waals surface area contributed by atoms with E-state index in [1.807, 2.05) is 64.2 Å². The number of amides is 2. The lowest BCUT2D eigenvalue weighted by Crippen LogP contribution is -2.42. The van der Waals surface area contributed by atoms with E-state index in [9.17, 15) is 9.59 Å². The van der Waals surface area contributed by atoms with Gasteiger partial charge in [0.1, 0.15) is 5.69 Å². The minimum atomic E-state index is -0.103. The molecule has 1 aliphatic heterocycles. The molecule has 172 valence electrons. The van der Waals surface area contributed by atoms with Crippen LogP contribution < -0.4 is 5.32 Å². The molecule has 1 unspecified atom stereocenters. The number of carbonyl (C=O) groups is 2. The van der Waals surface area contributed by atoms with Crippen LogP contribution in [0, 0.1) is 0 Å². The quantitative estimate of drug-likeness (QED) is 0.419. The van der Waals surface area contributed by atoms with Crippen molar-refractivity contribution in [3.63, 3.8) is 0 Å². The Hall–Kier alpha value is -3.12. The van der Waals surface area contributed by atoms with E-state index in [-0.39, 0.29) is 17.9 Å². The first-order valence-corrected chi connectivity index (χ1v) is 11.8. The molecule has 0 spiro atoms. The number of halogens is 1. The number of hydrogen-bond donors (Lipinski definition) is 1. The number of unbranched alkanes of at least 4 members (excludes halogenated alkanes) is 2. The van der Waals surface area contributed by atoms with Gasteiger partial charge in [-0.3, -0.25) is 14.3 Å². The van der Waals surface area contributed by atoms with Crippen LogP contribution in [0.15, 0.2) is 54.6 Å². The Balaban J connectivity index is 1.59. The minimum absolute atomic E-state index is 0.0135. The third-order valence-corrected chi connectivity index (χ3v) is 6.20. The van der Waals surface area contributed by atoms with Crippen molar-refractivity contribution in [2.45, 2.75) is 52.1 Å². The van der Waals surface area contributed by atoms with Crippen molar-refractivity contribution in [3.05, 3.63) is 70.9 Å². The van der Waals surface area contributed by atoms with Crippen LogP contribution in [0.5, 0.6) is 0 Å². The number of nitrogens with zero attached hydrogens (tertiary/aromatic N) is 3. The first kappa shape index (κ1) is 23.1. The van der Waals surface area contributed by atoms with E-state index in [4.69, 9.17) is 16.7 Å². The molecular weight excluding hydrogens is 436 g/mol. The third kappa shape index (κ3) is 5.45. The van der Waals surface area contributed by atoms with Crippen molar-refractivity contribution in [1.82, 2.24) is 14.7 Å². The molecule has 2 amide bonds. The van der Waals surface area contributed by atoms with Gasteiger partial charge in [0.15, 0.2) is 0 Å². The smallest absolute Gasteiger partial charge is 0.272 e. The fourth-order valence-corrected chi connectivity index (χ4v) is 4.39.